The van der Waals surface area contributed by atoms with Gasteiger partial charge in [0.15, 0.2) is 0 Å². The van der Waals surface area contributed by atoms with Crippen molar-refractivity contribution in [2.45, 2.75) is 46.3 Å². The van der Waals surface area contributed by atoms with Crippen LogP contribution in [-0.4, -0.2) is 17.0 Å². The molecule has 0 fully saturated rings. The second kappa shape index (κ2) is 5.78. The Hall–Kier alpha value is -0.410. The number of halogens is 2. The van der Waals surface area contributed by atoms with Gasteiger partial charge in [-0.05, 0) is 55.3 Å². The zero-order valence-electron chi connectivity index (χ0n) is 10.3. The van der Waals surface area contributed by atoms with E-state index >= 15 is 0 Å². The molecule has 1 nitrogen and oxygen atoms in total. The van der Waals surface area contributed by atoms with Crippen molar-refractivity contribution in [3.63, 3.8) is 0 Å². The lowest BCUT2D eigenvalue weighted by molar-refractivity contribution is 0.165. The van der Waals surface area contributed by atoms with Crippen LogP contribution in [0.15, 0.2) is 22.7 Å². The van der Waals surface area contributed by atoms with Crippen LogP contribution in [0.5, 0.6) is 0 Å². The van der Waals surface area contributed by atoms with Crippen molar-refractivity contribution in [1.82, 2.24) is 4.90 Å². The van der Waals surface area contributed by atoms with Crippen molar-refractivity contribution >= 4 is 15.9 Å². The Morgan fingerprint density at radius 3 is 2.25 bits per heavy atom. The largest absolute Gasteiger partial charge is 0.294 e. The fraction of sp³-hybridized carbons (Fsp3) is 0.538. The quantitative estimate of drug-likeness (QED) is 0.802. The molecule has 0 atom stereocenters. The molecule has 0 radical (unpaired) electrons. The Morgan fingerprint density at radius 1 is 1.19 bits per heavy atom. The molecule has 0 saturated carbocycles. The molecule has 0 unspecified atom stereocenters. The van der Waals surface area contributed by atoms with Gasteiger partial charge in [-0.25, -0.2) is 4.39 Å². The van der Waals surface area contributed by atoms with Gasteiger partial charge in [0.05, 0.1) is 4.47 Å². The highest BCUT2D eigenvalue weighted by Crippen LogP contribution is 2.23. The molecule has 0 saturated heterocycles. The smallest absolute Gasteiger partial charge is 0.137 e. The fourth-order valence-corrected chi connectivity index (χ4v) is 2.22. The summed E-state index contributed by atoms with van der Waals surface area (Å²) >= 11 is 3.31. The van der Waals surface area contributed by atoms with Gasteiger partial charge in [0.2, 0.25) is 0 Å². The molecule has 3 heteroatoms. The second-order valence-electron chi connectivity index (χ2n) is 4.57. The third-order valence-electron chi connectivity index (χ3n) is 2.71. The number of hydrogen-bond acceptors (Lipinski definition) is 1. The van der Waals surface area contributed by atoms with Crippen molar-refractivity contribution in [2.24, 2.45) is 0 Å². The summed E-state index contributed by atoms with van der Waals surface area (Å²) in [6.45, 7) is 9.41. The molecular formula is C13H19BrFN. The summed E-state index contributed by atoms with van der Waals surface area (Å²) in [7, 11) is 0. The molecule has 1 rings (SSSR count). The van der Waals surface area contributed by atoms with Gasteiger partial charge < -0.3 is 0 Å². The highest BCUT2D eigenvalue weighted by atomic mass is 79.9. The van der Waals surface area contributed by atoms with Gasteiger partial charge >= 0.3 is 0 Å². The van der Waals surface area contributed by atoms with E-state index in [-0.39, 0.29) is 5.82 Å². The van der Waals surface area contributed by atoms with Crippen LogP contribution in [0.1, 0.15) is 33.3 Å². The SMILES string of the molecule is CC(C)N(Cc1cccc(F)c1Br)C(C)C. The van der Waals surface area contributed by atoms with Crippen LogP contribution in [0.25, 0.3) is 0 Å². The predicted octanol–water partition coefficient (Wildman–Crippen LogP) is 4.21. The zero-order valence-corrected chi connectivity index (χ0v) is 11.9. The van der Waals surface area contributed by atoms with Crippen LogP contribution in [0.2, 0.25) is 0 Å². The molecule has 16 heavy (non-hydrogen) atoms. The number of benzene rings is 1. The minimum atomic E-state index is -0.190. The summed E-state index contributed by atoms with van der Waals surface area (Å²) < 4.78 is 14.0. The Balaban J connectivity index is 2.90. The predicted molar refractivity (Wildman–Crippen MR) is 69.9 cm³/mol. The zero-order chi connectivity index (χ0) is 12.3. The third-order valence-corrected chi connectivity index (χ3v) is 3.60. The van der Waals surface area contributed by atoms with Crippen LogP contribution in [0.4, 0.5) is 4.39 Å². The van der Waals surface area contributed by atoms with Crippen LogP contribution in [0, 0.1) is 5.82 Å². The molecule has 0 N–H and O–H groups in total. The minimum absolute atomic E-state index is 0.190. The molecule has 0 spiro atoms. The topological polar surface area (TPSA) is 3.24 Å². The first-order chi connectivity index (χ1) is 7.43. The van der Waals surface area contributed by atoms with E-state index in [0.29, 0.717) is 16.6 Å². The number of nitrogens with zero attached hydrogens (tertiary/aromatic N) is 1. The maximum Gasteiger partial charge on any atom is 0.137 e. The number of hydrogen-bond donors (Lipinski definition) is 0. The molecule has 0 bridgehead atoms. The normalized spacial score (nSPS) is 11.8. The van der Waals surface area contributed by atoms with E-state index in [4.69, 9.17) is 0 Å². The average Bonchev–Trinajstić information content (AvgIpc) is 2.19. The molecule has 1 aromatic rings. The van der Waals surface area contributed by atoms with Gasteiger partial charge in [-0.15, -0.1) is 0 Å². The Labute approximate surface area is 106 Å². The Kier molecular flexibility index (Phi) is 4.93. The van der Waals surface area contributed by atoms with Crippen molar-refractivity contribution in [3.8, 4) is 0 Å². The summed E-state index contributed by atoms with van der Waals surface area (Å²) in [6, 6.07) is 6.10. The standard InChI is InChI=1S/C13H19BrFN/c1-9(2)16(10(3)4)8-11-6-5-7-12(15)13(11)14/h5-7,9-10H,8H2,1-4H3. The van der Waals surface area contributed by atoms with Gasteiger partial charge in [0.25, 0.3) is 0 Å². The van der Waals surface area contributed by atoms with E-state index in [1.807, 2.05) is 6.07 Å². The third kappa shape index (κ3) is 3.29. The Bertz CT molecular complexity index is 342. The lowest BCUT2D eigenvalue weighted by Gasteiger charge is -2.30. The lowest BCUT2D eigenvalue weighted by Crippen LogP contribution is -2.36. The number of rotatable bonds is 4. The summed E-state index contributed by atoms with van der Waals surface area (Å²) in [5.74, 6) is -0.190. The minimum Gasteiger partial charge on any atom is -0.294 e. The van der Waals surface area contributed by atoms with Gasteiger partial charge in [-0.2, -0.15) is 0 Å². The first kappa shape index (κ1) is 13.7. The average molecular weight is 288 g/mol. The van der Waals surface area contributed by atoms with E-state index in [1.54, 1.807) is 6.07 Å². The van der Waals surface area contributed by atoms with E-state index in [2.05, 4.69) is 48.5 Å². The molecule has 0 aromatic heterocycles. The lowest BCUT2D eigenvalue weighted by atomic mass is 10.1. The van der Waals surface area contributed by atoms with Crippen molar-refractivity contribution < 1.29 is 4.39 Å². The van der Waals surface area contributed by atoms with Gasteiger partial charge in [0, 0.05) is 18.6 Å². The van der Waals surface area contributed by atoms with Crippen molar-refractivity contribution in [3.05, 3.63) is 34.1 Å². The van der Waals surface area contributed by atoms with Gasteiger partial charge in [-0.1, -0.05) is 12.1 Å². The summed E-state index contributed by atoms with van der Waals surface area (Å²) in [4.78, 5) is 2.33. The molecule has 0 amide bonds. The highest BCUT2D eigenvalue weighted by Gasteiger charge is 2.15. The van der Waals surface area contributed by atoms with E-state index < -0.39 is 0 Å². The Morgan fingerprint density at radius 2 is 1.75 bits per heavy atom. The fourth-order valence-electron chi connectivity index (χ4n) is 1.83. The van der Waals surface area contributed by atoms with E-state index in [9.17, 15) is 4.39 Å². The molecule has 0 aliphatic rings. The van der Waals surface area contributed by atoms with Gasteiger partial charge in [0.1, 0.15) is 5.82 Å². The van der Waals surface area contributed by atoms with Crippen LogP contribution in [0.3, 0.4) is 0 Å². The maximum atomic E-state index is 13.4. The first-order valence-electron chi connectivity index (χ1n) is 5.62. The van der Waals surface area contributed by atoms with E-state index in [1.165, 1.54) is 6.07 Å². The summed E-state index contributed by atoms with van der Waals surface area (Å²) in [6.07, 6.45) is 0. The second-order valence-corrected chi connectivity index (χ2v) is 5.37. The molecule has 1 aromatic carbocycles. The maximum absolute atomic E-state index is 13.4. The highest BCUT2D eigenvalue weighted by molar-refractivity contribution is 9.10. The first-order valence-corrected chi connectivity index (χ1v) is 6.41. The molecule has 90 valence electrons. The monoisotopic (exact) mass is 287 g/mol. The molecule has 0 aliphatic heterocycles. The summed E-state index contributed by atoms with van der Waals surface area (Å²) in [5, 5.41) is 0. The van der Waals surface area contributed by atoms with Crippen LogP contribution < -0.4 is 0 Å². The van der Waals surface area contributed by atoms with Crippen LogP contribution in [-0.2, 0) is 6.54 Å². The molecule has 0 heterocycles. The molecular weight excluding hydrogens is 269 g/mol. The molecule has 0 aliphatic carbocycles. The summed E-state index contributed by atoms with van der Waals surface area (Å²) in [5.41, 5.74) is 1.00. The van der Waals surface area contributed by atoms with E-state index in [0.717, 1.165) is 12.1 Å². The van der Waals surface area contributed by atoms with Gasteiger partial charge in [-0.3, -0.25) is 4.90 Å². The van der Waals surface area contributed by atoms with Crippen molar-refractivity contribution in [2.75, 3.05) is 0 Å². The van der Waals surface area contributed by atoms with Crippen LogP contribution >= 0.6 is 15.9 Å². The van der Waals surface area contributed by atoms with Crippen molar-refractivity contribution in [1.29, 1.82) is 0 Å².